The van der Waals surface area contributed by atoms with Crippen LogP contribution in [0.1, 0.15) is 59.9 Å². The Bertz CT molecular complexity index is 806. The number of aryl methyl sites for hydroxylation is 1. The number of imidazole rings is 1. The number of pyridine rings is 1. The quantitative estimate of drug-likeness (QED) is 0.902. The number of amides is 1. The van der Waals surface area contributed by atoms with Gasteiger partial charge in [-0.3, -0.25) is 14.7 Å². The third kappa shape index (κ3) is 3.16. The van der Waals surface area contributed by atoms with Gasteiger partial charge in [0, 0.05) is 44.1 Å². The summed E-state index contributed by atoms with van der Waals surface area (Å²) in [7, 11) is 0. The maximum Gasteiger partial charge on any atom is 0.255 e. The largest absolute Gasteiger partial charge is 0.348 e. The highest BCUT2D eigenvalue weighted by Crippen LogP contribution is 2.42. The Labute approximate surface area is 161 Å². The Morgan fingerprint density at radius 2 is 2.11 bits per heavy atom. The number of aromatic amines is 1. The maximum atomic E-state index is 13.0. The highest BCUT2D eigenvalue weighted by Gasteiger charge is 2.46. The zero-order valence-corrected chi connectivity index (χ0v) is 16.4. The summed E-state index contributed by atoms with van der Waals surface area (Å²) in [5.41, 5.74) is 4.19. The van der Waals surface area contributed by atoms with Crippen LogP contribution in [0.4, 0.5) is 0 Å². The van der Waals surface area contributed by atoms with Crippen molar-refractivity contribution in [3.05, 3.63) is 47.3 Å². The van der Waals surface area contributed by atoms with E-state index in [-0.39, 0.29) is 11.4 Å². The standard InChI is InChI=1S/C21H29N5O/c1-3-4-10-26-11-6-18-19(24-15-23-18)21(26)7-12-25(13-8-21)20(27)17-14-22-9-5-16(17)2/h5,9,14-15H,3-4,6-8,10-13H2,1-2H3,(H,23,24). The molecule has 1 N–H and O–H groups in total. The molecule has 1 saturated heterocycles. The molecule has 4 rings (SSSR count). The van der Waals surface area contributed by atoms with Gasteiger partial charge in [-0.15, -0.1) is 0 Å². The van der Waals surface area contributed by atoms with E-state index in [1.807, 2.05) is 24.2 Å². The lowest BCUT2D eigenvalue weighted by atomic mass is 9.78. The molecule has 1 spiro atoms. The SMILES string of the molecule is CCCCN1CCc2[nH]cnc2C12CCN(C(=O)c1cnccc1C)CC2. The van der Waals surface area contributed by atoms with Crippen molar-refractivity contribution in [1.29, 1.82) is 0 Å². The van der Waals surface area contributed by atoms with Crippen LogP contribution in [0.2, 0.25) is 0 Å². The zero-order chi connectivity index (χ0) is 18.9. The Morgan fingerprint density at radius 3 is 2.85 bits per heavy atom. The Hall–Kier alpha value is -2.21. The van der Waals surface area contributed by atoms with Crippen LogP contribution in [0.25, 0.3) is 0 Å². The van der Waals surface area contributed by atoms with Crippen LogP contribution in [-0.2, 0) is 12.0 Å². The molecule has 0 atom stereocenters. The first-order chi connectivity index (χ1) is 13.2. The van der Waals surface area contributed by atoms with Gasteiger partial charge >= 0.3 is 0 Å². The molecule has 0 saturated carbocycles. The molecule has 27 heavy (non-hydrogen) atoms. The number of aromatic nitrogens is 3. The van der Waals surface area contributed by atoms with Crippen LogP contribution in [0.3, 0.4) is 0 Å². The molecular weight excluding hydrogens is 338 g/mol. The van der Waals surface area contributed by atoms with Gasteiger partial charge in [-0.1, -0.05) is 13.3 Å². The number of hydrogen-bond donors (Lipinski definition) is 1. The predicted molar refractivity (Wildman–Crippen MR) is 105 cm³/mol. The molecule has 0 unspecified atom stereocenters. The number of rotatable bonds is 4. The van der Waals surface area contributed by atoms with Gasteiger partial charge in [0.1, 0.15) is 0 Å². The van der Waals surface area contributed by atoms with E-state index in [9.17, 15) is 4.79 Å². The number of piperidine rings is 1. The van der Waals surface area contributed by atoms with Crippen molar-refractivity contribution in [1.82, 2.24) is 24.8 Å². The van der Waals surface area contributed by atoms with Gasteiger partial charge in [-0.2, -0.15) is 0 Å². The van der Waals surface area contributed by atoms with E-state index >= 15 is 0 Å². The van der Waals surface area contributed by atoms with E-state index in [2.05, 4.69) is 21.8 Å². The van der Waals surface area contributed by atoms with Crippen molar-refractivity contribution in [2.24, 2.45) is 0 Å². The molecule has 4 heterocycles. The molecular formula is C21H29N5O. The van der Waals surface area contributed by atoms with Crippen LogP contribution in [0.5, 0.6) is 0 Å². The fourth-order valence-electron chi connectivity index (χ4n) is 4.69. The third-order valence-electron chi connectivity index (χ3n) is 6.33. The van der Waals surface area contributed by atoms with Gasteiger partial charge in [-0.25, -0.2) is 4.98 Å². The molecule has 0 aromatic carbocycles. The normalized spacial score (nSPS) is 19.3. The highest BCUT2D eigenvalue weighted by molar-refractivity contribution is 5.95. The first-order valence-corrected chi connectivity index (χ1v) is 10.1. The predicted octanol–water partition coefficient (Wildman–Crippen LogP) is 2.90. The van der Waals surface area contributed by atoms with Crippen molar-refractivity contribution in [3.63, 3.8) is 0 Å². The number of nitrogens with zero attached hydrogens (tertiary/aromatic N) is 4. The average molecular weight is 367 g/mol. The van der Waals surface area contributed by atoms with Gasteiger partial charge in [-0.05, 0) is 44.4 Å². The Balaban J connectivity index is 1.55. The van der Waals surface area contributed by atoms with Crippen molar-refractivity contribution >= 4 is 5.91 Å². The summed E-state index contributed by atoms with van der Waals surface area (Å²) < 4.78 is 0. The fourth-order valence-corrected chi connectivity index (χ4v) is 4.69. The molecule has 2 aromatic heterocycles. The summed E-state index contributed by atoms with van der Waals surface area (Å²) in [4.78, 5) is 29.8. The molecule has 2 aliphatic heterocycles. The number of H-pyrrole nitrogens is 1. The minimum atomic E-state index is -0.0243. The minimum Gasteiger partial charge on any atom is -0.348 e. The van der Waals surface area contributed by atoms with Crippen molar-refractivity contribution in [2.45, 2.75) is 51.5 Å². The molecule has 2 aliphatic rings. The third-order valence-corrected chi connectivity index (χ3v) is 6.33. The molecule has 0 aliphatic carbocycles. The molecule has 2 aromatic rings. The van der Waals surface area contributed by atoms with Crippen LogP contribution in [-0.4, -0.2) is 56.8 Å². The van der Waals surface area contributed by atoms with Crippen molar-refractivity contribution in [3.8, 4) is 0 Å². The maximum absolute atomic E-state index is 13.0. The number of unbranched alkanes of at least 4 members (excludes halogenated alkanes) is 1. The second kappa shape index (κ2) is 7.43. The number of likely N-dealkylation sites (tertiary alicyclic amines) is 1. The van der Waals surface area contributed by atoms with Gasteiger partial charge in [0.2, 0.25) is 0 Å². The van der Waals surface area contributed by atoms with Crippen molar-refractivity contribution in [2.75, 3.05) is 26.2 Å². The van der Waals surface area contributed by atoms with Gasteiger partial charge in [0.15, 0.2) is 0 Å². The number of fused-ring (bicyclic) bond motifs is 2. The van der Waals surface area contributed by atoms with Gasteiger partial charge in [0.05, 0.1) is 23.1 Å². The van der Waals surface area contributed by atoms with Crippen LogP contribution in [0, 0.1) is 6.92 Å². The number of carbonyl (C=O) groups excluding carboxylic acids is 1. The topological polar surface area (TPSA) is 65.1 Å². The lowest BCUT2D eigenvalue weighted by molar-refractivity contribution is 0.00628. The summed E-state index contributed by atoms with van der Waals surface area (Å²) in [6.07, 6.45) is 10.6. The summed E-state index contributed by atoms with van der Waals surface area (Å²) in [5, 5.41) is 0. The van der Waals surface area contributed by atoms with Crippen LogP contribution >= 0.6 is 0 Å². The Kier molecular flexibility index (Phi) is 5.00. The second-order valence-electron chi connectivity index (χ2n) is 7.83. The van der Waals surface area contributed by atoms with Crippen molar-refractivity contribution < 1.29 is 4.79 Å². The lowest BCUT2D eigenvalue weighted by Crippen LogP contribution is -2.57. The van der Waals surface area contributed by atoms with E-state index in [1.54, 1.807) is 12.4 Å². The number of hydrogen-bond acceptors (Lipinski definition) is 4. The number of nitrogens with one attached hydrogen (secondary N) is 1. The summed E-state index contributed by atoms with van der Waals surface area (Å²) in [6, 6.07) is 1.91. The van der Waals surface area contributed by atoms with E-state index in [0.29, 0.717) is 0 Å². The Morgan fingerprint density at radius 1 is 1.30 bits per heavy atom. The number of carbonyl (C=O) groups is 1. The van der Waals surface area contributed by atoms with E-state index in [0.717, 1.165) is 56.6 Å². The first-order valence-electron chi connectivity index (χ1n) is 10.1. The van der Waals surface area contributed by atoms with Crippen LogP contribution in [0.15, 0.2) is 24.8 Å². The summed E-state index contributed by atoms with van der Waals surface area (Å²) >= 11 is 0. The smallest absolute Gasteiger partial charge is 0.255 e. The van der Waals surface area contributed by atoms with E-state index < -0.39 is 0 Å². The average Bonchev–Trinajstić information content (AvgIpc) is 3.18. The molecule has 1 fully saturated rings. The molecule has 144 valence electrons. The lowest BCUT2D eigenvalue weighted by Gasteiger charge is -2.50. The molecule has 1 amide bonds. The summed E-state index contributed by atoms with van der Waals surface area (Å²) in [6.45, 7) is 7.94. The first kappa shape index (κ1) is 18.2. The highest BCUT2D eigenvalue weighted by atomic mass is 16.2. The second-order valence-corrected chi connectivity index (χ2v) is 7.83. The molecule has 0 radical (unpaired) electrons. The molecule has 6 heteroatoms. The minimum absolute atomic E-state index is 0.0243. The fraction of sp³-hybridized carbons (Fsp3) is 0.571. The molecule has 6 nitrogen and oxygen atoms in total. The van der Waals surface area contributed by atoms with Gasteiger partial charge in [0.25, 0.3) is 5.91 Å². The van der Waals surface area contributed by atoms with Crippen LogP contribution < -0.4 is 0 Å². The molecule has 0 bridgehead atoms. The summed E-state index contributed by atoms with van der Waals surface area (Å²) in [5.74, 6) is 0.105. The van der Waals surface area contributed by atoms with E-state index in [4.69, 9.17) is 4.98 Å². The van der Waals surface area contributed by atoms with Gasteiger partial charge < -0.3 is 9.88 Å². The monoisotopic (exact) mass is 367 g/mol. The van der Waals surface area contributed by atoms with E-state index in [1.165, 1.54) is 24.2 Å². The zero-order valence-electron chi connectivity index (χ0n) is 16.4.